The van der Waals surface area contributed by atoms with Crippen LogP contribution in [-0.2, 0) is 11.2 Å². The minimum Gasteiger partial charge on any atom is -0.481 e. The standard InChI is InChI=1S/C15H18BrFO2/c1-10-4-6-15(7-5-10,14(18)19)9-11-2-3-13(17)12(16)8-11/h2-3,8,10H,4-7,9H2,1H3,(H,18,19). The van der Waals surface area contributed by atoms with Crippen molar-refractivity contribution in [2.45, 2.75) is 39.0 Å². The number of carboxylic acid groups (broad SMARTS) is 1. The van der Waals surface area contributed by atoms with Gasteiger partial charge in [-0.3, -0.25) is 4.79 Å². The molecule has 104 valence electrons. The fraction of sp³-hybridized carbons (Fsp3) is 0.533. The molecule has 0 saturated heterocycles. The molecule has 0 heterocycles. The topological polar surface area (TPSA) is 37.3 Å². The highest BCUT2D eigenvalue weighted by Gasteiger charge is 2.41. The van der Waals surface area contributed by atoms with E-state index in [1.54, 1.807) is 12.1 Å². The monoisotopic (exact) mass is 328 g/mol. The third-order valence-electron chi connectivity index (χ3n) is 4.21. The van der Waals surface area contributed by atoms with Gasteiger partial charge in [0.05, 0.1) is 9.89 Å². The van der Waals surface area contributed by atoms with Crippen molar-refractivity contribution in [3.8, 4) is 0 Å². The van der Waals surface area contributed by atoms with E-state index in [4.69, 9.17) is 0 Å². The van der Waals surface area contributed by atoms with Gasteiger partial charge in [-0.2, -0.15) is 0 Å². The molecule has 0 spiro atoms. The van der Waals surface area contributed by atoms with E-state index in [9.17, 15) is 14.3 Å². The van der Waals surface area contributed by atoms with E-state index in [2.05, 4.69) is 22.9 Å². The fourth-order valence-electron chi connectivity index (χ4n) is 2.82. The number of hydrogen-bond donors (Lipinski definition) is 1. The Labute approximate surface area is 121 Å². The highest BCUT2D eigenvalue weighted by Crippen LogP contribution is 2.42. The van der Waals surface area contributed by atoms with Crippen LogP contribution in [0.2, 0.25) is 0 Å². The van der Waals surface area contributed by atoms with E-state index in [-0.39, 0.29) is 5.82 Å². The van der Waals surface area contributed by atoms with Crippen LogP contribution in [0.1, 0.15) is 38.2 Å². The van der Waals surface area contributed by atoms with Crippen molar-refractivity contribution >= 4 is 21.9 Å². The Morgan fingerprint density at radius 2 is 2.11 bits per heavy atom. The van der Waals surface area contributed by atoms with Crippen LogP contribution in [0.5, 0.6) is 0 Å². The van der Waals surface area contributed by atoms with Gasteiger partial charge in [0, 0.05) is 0 Å². The molecule has 0 bridgehead atoms. The van der Waals surface area contributed by atoms with Gasteiger partial charge in [0.1, 0.15) is 5.82 Å². The van der Waals surface area contributed by atoms with Crippen molar-refractivity contribution in [3.63, 3.8) is 0 Å². The quantitative estimate of drug-likeness (QED) is 0.892. The molecule has 1 aliphatic rings. The average Bonchev–Trinajstić information content (AvgIpc) is 2.37. The van der Waals surface area contributed by atoms with E-state index in [1.165, 1.54) is 6.07 Å². The summed E-state index contributed by atoms with van der Waals surface area (Å²) in [4.78, 5) is 11.7. The summed E-state index contributed by atoms with van der Waals surface area (Å²) < 4.78 is 13.6. The zero-order chi connectivity index (χ0) is 14.0. The Morgan fingerprint density at radius 1 is 1.47 bits per heavy atom. The van der Waals surface area contributed by atoms with Crippen LogP contribution in [0.4, 0.5) is 4.39 Å². The Balaban J connectivity index is 2.21. The lowest BCUT2D eigenvalue weighted by molar-refractivity contribution is -0.151. The molecule has 0 radical (unpaired) electrons. The van der Waals surface area contributed by atoms with Gasteiger partial charge >= 0.3 is 5.97 Å². The van der Waals surface area contributed by atoms with Crippen molar-refractivity contribution in [2.75, 3.05) is 0 Å². The summed E-state index contributed by atoms with van der Waals surface area (Å²) in [6, 6.07) is 4.77. The number of carbonyl (C=O) groups is 1. The maximum atomic E-state index is 13.2. The first-order valence-electron chi connectivity index (χ1n) is 6.60. The maximum Gasteiger partial charge on any atom is 0.309 e. The molecule has 1 aromatic rings. The Morgan fingerprint density at radius 3 is 2.63 bits per heavy atom. The summed E-state index contributed by atoms with van der Waals surface area (Å²) in [6.45, 7) is 2.17. The van der Waals surface area contributed by atoms with E-state index in [0.29, 0.717) is 29.7 Å². The van der Waals surface area contributed by atoms with Gasteiger partial charge in [-0.15, -0.1) is 0 Å². The highest BCUT2D eigenvalue weighted by atomic mass is 79.9. The number of halogens is 2. The molecule has 4 heteroatoms. The minimum absolute atomic E-state index is 0.314. The van der Waals surface area contributed by atoms with Crippen molar-refractivity contribution in [1.29, 1.82) is 0 Å². The zero-order valence-electron chi connectivity index (χ0n) is 11.0. The van der Waals surface area contributed by atoms with Crippen LogP contribution >= 0.6 is 15.9 Å². The second-order valence-electron chi connectivity index (χ2n) is 5.69. The molecular weight excluding hydrogens is 311 g/mol. The van der Waals surface area contributed by atoms with Crippen LogP contribution in [0.25, 0.3) is 0 Å². The number of carboxylic acids is 1. The maximum absolute atomic E-state index is 13.2. The molecule has 0 atom stereocenters. The SMILES string of the molecule is CC1CCC(Cc2ccc(F)c(Br)c2)(C(=O)O)CC1. The van der Waals surface area contributed by atoms with E-state index in [0.717, 1.165) is 18.4 Å². The minimum atomic E-state index is -0.722. The number of hydrogen-bond acceptors (Lipinski definition) is 1. The van der Waals surface area contributed by atoms with Gasteiger partial charge in [0.15, 0.2) is 0 Å². The summed E-state index contributed by atoms with van der Waals surface area (Å²) in [5.41, 5.74) is 0.203. The molecule has 0 aromatic heterocycles. The predicted molar refractivity (Wildman–Crippen MR) is 75.5 cm³/mol. The normalized spacial score (nSPS) is 27.2. The third kappa shape index (κ3) is 3.16. The predicted octanol–water partition coefficient (Wildman–Crippen LogP) is 4.41. The zero-order valence-corrected chi connectivity index (χ0v) is 12.5. The van der Waals surface area contributed by atoms with Crippen molar-refractivity contribution < 1.29 is 14.3 Å². The summed E-state index contributed by atoms with van der Waals surface area (Å²) in [7, 11) is 0. The van der Waals surface area contributed by atoms with Crippen LogP contribution < -0.4 is 0 Å². The molecule has 19 heavy (non-hydrogen) atoms. The number of benzene rings is 1. The largest absolute Gasteiger partial charge is 0.481 e. The summed E-state index contributed by atoms with van der Waals surface area (Å²) in [5.74, 6) is -0.433. The lowest BCUT2D eigenvalue weighted by Crippen LogP contribution is -2.37. The molecule has 1 aromatic carbocycles. The van der Waals surface area contributed by atoms with Crippen LogP contribution in [-0.4, -0.2) is 11.1 Å². The summed E-state index contributed by atoms with van der Waals surface area (Å²) in [5, 5.41) is 9.57. The molecule has 2 nitrogen and oxygen atoms in total. The smallest absolute Gasteiger partial charge is 0.309 e. The van der Waals surface area contributed by atoms with Gasteiger partial charge in [0.25, 0.3) is 0 Å². The van der Waals surface area contributed by atoms with Crippen LogP contribution in [0.15, 0.2) is 22.7 Å². The highest BCUT2D eigenvalue weighted by molar-refractivity contribution is 9.10. The molecule has 0 aliphatic heterocycles. The Kier molecular flexibility index (Phi) is 4.29. The van der Waals surface area contributed by atoms with Gasteiger partial charge < -0.3 is 5.11 Å². The summed E-state index contributed by atoms with van der Waals surface area (Å²) >= 11 is 3.15. The molecule has 2 rings (SSSR count). The van der Waals surface area contributed by atoms with E-state index in [1.807, 2.05) is 0 Å². The van der Waals surface area contributed by atoms with Gasteiger partial charge in [-0.25, -0.2) is 4.39 Å². The van der Waals surface area contributed by atoms with Crippen LogP contribution in [0.3, 0.4) is 0 Å². The lowest BCUT2D eigenvalue weighted by Gasteiger charge is -2.36. The lowest BCUT2D eigenvalue weighted by atomic mass is 9.68. The van der Waals surface area contributed by atoms with Gasteiger partial charge in [-0.05, 0) is 71.6 Å². The Bertz CT molecular complexity index is 479. The van der Waals surface area contributed by atoms with Crippen LogP contribution in [0, 0.1) is 17.2 Å². The molecule has 1 saturated carbocycles. The number of rotatable bonds is 3. The molecule has 1 N–H and O–H groups in total. The molecule has 0 unspecified atom stereocenters. The number of aliphatic carboxylic acids is 1. The second-order valence-corrected chi connectivity index (χ2v) is 6.55. The van der Waals surface area contributed by atoms with Gasteiger partial charge in [0.2, 0.25) is 0 Å². The summed E-state index contributed by atoms with van der Waals surface area (Å²) in [6.07, 6.45) is 3.80. The molecule has 0 amide bonds. The average molecular weight is 329 g/mol. The fourth-order valence-corrected chi connectivity index (χ4v) is 3.25. The van der Waals surface area contributed by atoms with Gasteiger partial charge in [-0.1, -0.05) is 13.0 Å². The third-order valence-corrected chi connectivity index (χ3v) is 4.82. The van der Waals surface area contributed by atoms with E-state index < -0.39 is 11.4 Å². The molecule has 1 fully saturated rings. The first kappa shape index (κ1) is 14.5. The van der Waals surface area contributed by atoms with Crippen molar-refractivity contribution in [2.24, 2.45) is 11.3 Å². The van der Waals surface area contributed by atoms with Crippen molar-refractivity contribution in [1.82, 2.24) is 0 Å². The molecule has 1 aliphatic carbocycles. The Hall–Kier alpha value is -0.900. The van der Waals surface area contributed by atoms with E-state index >= 15 is 0 Å². The molecular formula is C15H18BrFO2. The second kappa shape index (κ2) is 5.61. The first-order valence-corrected chi connectivity index (χ1v) is 7.39. The first-order chi connectivity index (χ1) is 8.93. The van der Waals surface area contributed by atoms with Crippen molar-refractivity contribution in [3.05, 3.63) is 34.1 Å².